The maximum Gasteiger partial charge on any atom is 0.307 e. The van der Waals surface area contributed by atoms with Crippen molar-refractivity contribution in [3.05, 3.63) is 108 Å². The molecule has 0 saturated heterocycles. The van der Waals surface area contributed by atoms with Crippen LogP contribution in [-0.2, 0) is 16.0 Å². The highest BCUT2D eigenvalue weighted by atomic mass is 16.5. The monoisotopic (exact) mass is 394 g/mol. The first-order chi connectivity index (χ1) is 14.8. The summed E-state index contributed by atoms with van der Waals surface area (Å²) in [4.78, 5) is 19.5. The van der Waals surface area contributed by atoms with E-state index >= 15 is 0 Å². The lowest BCUT2D eigenvalue weighted by Crippen LogP contribution is -2.13. The third-order valence-electron chi connectivity index (χ3n) is 5.52. The van der Waals surface area contributed by atoms with Crippen LogP contribution >= 0.6 is 0 Å². The first kappa shape index (κ1) is 18.3. The lowest BCUT2D eigenvalue weighted by molar-refractivity contribution is -0.147. The fraction of sp³-hybridized carbons (Fsp3) is 0.115. The normalized spacial score (nSPS) is 11.4. The number of nitrogens with one attached hydrogen (secondary N) is 2. The van der Waals surface area contributed by atoms with Gasteiger partial charge in [0.05, 0.1) is 0 Å². The first-order valence-electron chi connectivity index (χ1n) is 10.1. The average Bonchev–Trinajstić information content (AvgIpc) is 3.41. The van der Waals surface area contributed by atoms with E-state index in [0.717, 1.165) is 38.5 Å². The van der Waals surface area contributed by atoms with Gasteiger partial charge in [-0.3, -0.25) is 4.79 Å². The molecule has 0 radical (unpaired) electrons. The van der Waals surface area contributed by atoms with Crippen molar-refractivity contribution in [2.45, 2.75) is 18.9 Å². The molecular weight excluding hydrogens is 372 g/mol. The van der Waals surface area contributed by atoms with Crippen LogP contribution in [-0.4, -0.2) is 15.9 Å². The molecule has 5 aromatic rings. The molecule has 4 nitrogen and oxygen atoms in total. The Hall–Kier alpha value is -3.79. The Morgan fingerprint density at radius 2 is 1.27 bits per heavy atom. The summed E-state index contributed by atoms with van der Waals surface area (Å²) in [5.41, 5.74) is 5.10. The van der Waals surface area contributed by atoms with Crippen molar-refractivity contribution in [1.82, 2.24) is 9.97 Å². The van der Waals surface area contributed by atoms with Crippen LogP contribution in [0.1, 0.15) is 29.2 Å². The molecule has 0 unspecified atom stereocenters. The number of carbonyl (C=O) groups excluding carboxylic acids is 1. The van der Waals surface area contributed by atoms with Gasteiger partial charge in [-0.1, -0.05) is 66.7 Å². The van der Waals surface area contributed by atoms with E-state index in [-0.39, 0.29) is 5.97 Å². The summed E-state index contributed by atoms with van der Waals surface area (Å²) < 4.78 is 6.10. The second-order valence-electron chi connectivity index (χ2n) is 7.43. The van der Waals surface area contributed by atoms with Gasteiger partial charge in [0.25, 0.3) is 0 Å². The van der Waals surface area contributed by atoms with Crippen molar-refractivity contribution in [3.63, 3.8) is 0 Å². The maximum absolute atomic E-state index is 12.8. The summed E-state index contributed by atoms with van der Waals surface area (Å²) in [5, 5.41) is 2.12. The summed E-state index contributed by atoms with van der Waals surface area (Å²) in [6.07, 6.45) is 4.41. The topological polar surface area (TPSA) is 57.9 Å². The second-order valence-corrected chi connectivity index (χ2v) is 7.43. The zero-order valence-electron chi connectivity index (χ0n) is 16.5. The van der Waals surface area contributed by atoms with Crippen molar-refractivity contribution < 1.29 is 9.53 Å². The third-order valence-corrected chi connectivity index (χ3v) is 5.52. The van der Waals surface area contributed by atoms with E-state index < -0.39 is 6.10 Å². The highest BCUT2D eigenvalue weighted by molar-refractivity contribution is 5.88. The van der Waals surface area contributed by atoms with Crippen LogP contribution in [0.3, 0.4) is 0 Å². The molecule has 0 spiro atoms. The number of ether oxygens (including phenoxy) is 1. The van der Waals surface area contributed by atoms with E-state index in [4.69, 9.17) is 4.74 Å². The summed E-state index contributed by atoms with van der Waals surface area (Å²) in [6.45, 7) is 0. The smallest absolute Gasteiger partial charge is 0.307 e. The van der Waals surface area contributed by atoms with Gasteiger partial charge in [-0.25, -0.2) is 0 Å². The van der Waals surface area contributed by atoms with Gasteiger partial charge in [0.2, 0.25) is 0 Å². The van der Waals surface area contributed by atoms with Gasteiger partial charge < -0.3 is 14.7 Å². The number of aryl methyl sites for hydroxylation is 1. The lowest BCUT2D eigenvalue weighted by atomic mass is 10.00. The van der Waals surface area contributed by atoms with Crippen LogP contribution in [0.15, 0.2) is 91.3 Å². The van der Waals surface area contributed by atoms with E-state index in [1.807, 2.05) is 79.1 Å². The SMILES string of the molecule is O=C(CCc1ccccc1)OC(c1c[nH]c2ccccc12)c1c[nH]c2ccccc12. The van der Waals surface area contributed by atoms with Gasteiger partial charge in [-0.15, -0.1) is 0 Å². The lowest BCUT2D eigenvalue weighted by Gasteiger charge is -2.18. The molecule has 2 heterocycles. The zero-order valence-corrected chi connectivity index (χ0v) is 16.5. The average molecular weight is 394 g/mol. The van der Waals surface area contributed by atoms with Crippen LogP contribution in [0.25, 0.3) is 21.8 Å². The van der Waals surface area contributed by atoms with Gasteiger partial charge >= 0.3 is 5.97 Å². The molecule has 0 saturated carbocycles. The number of carbonyl (C=O) groups is 1. The van der Waals surface area contributed by atoms with Crippen molar-refractivity contribution in [3.8, 4) is 0 Å². The molecule has 0 bridgehead atoms. The molecule has 0 atom stereocenters. The number of aromatic amines is 2. The van der Waals surface area contributed by atoms with Gasteiger partial charge in [0, 0.05) is 51.7 Å². The van der Waals surface area contributed by atoms with Crippen molar-refractivity contribution in [2.75, 3.05) is 0 Å². The Morgan fingerprint density at radius 1 is 0.733 bits per heavy atom. The molecule has 0 aliphatic rings. The summed E-state index contributed by atoms with van der Waals surface area (Å²) in [7, 11) is 0. The summed E-state index contributed by atoms with van der Waals surface area (Å²) in [6, 6.07) is 26.2. The molecule has 2 N–H and O–H groups in total. The zero-order chi connectivity index (χ0) is 20.3. The predicted octanol–water partition coefficient (Wildman–Crippen LogP) is 5.91. The number of fused-ring (bicyclic) bond motifs is 2. The number of rotatable bonds is 6. The molecule has 148 valence electrons. The van der Waals surface area contributed by atoms with Gasteiger partial charge in [-0.05, 0) is 24.1 Å². The quantitative estimate of drug-likeness (QED) is 0.352. The van der Waals surface area contributed by atoms with Gasteiger partial charge in [0.1, 0.15) is 0 Å². The number of esters is 1. The number of H-pyrrole nitrogens is 2. The molecule has 0 amide bonds. The molecular formula is C26H22N2O2. The standard InChI is InChI=1S/C26H22N2O2/c29-25(15-14-18-8-2-1-3-9-18)30-26(21-16-27-23-12-6-4-10-19(21)23)22-17-28-24-13-7-5-11-20(22)24/h1-13,16-17,26-28H,14-15H2. The number of aromatic nitrogens is 2. The van der Waals surface area contributed by atoms with Crippen LogP contribution in [0.2, 0.25) is 0 Å². The van der Waals surface area contributed by atoms with Gasteiger partial charge in [-0.2, -0.15) is 0 Å². The van der Waals surface area contributed by atoms with Crippen LogP contribution in [0.4, 0.5) is 0 Å². The number of hydrogen-bond acceptors (Lipinski definition) is 2. The number of para-hydroxylation sites is 2. The highest BCUT2D eigenvalue weighted by Gasteiger charge is 2.25. The Balaban J connectivity index is 1.49. The van der Waals surface area contributed by atoms with Gasteiger partial charge in [0.15, 0.2) is 6.10 Å². The maximum atomic E-state index is 12.8. The van der Waals surface area contributed by atoms with Crippen molar-refractivity contribution in [2.24, 2.45) is 0 Å². The molecule has 0 aliphatic carbocycles. The van der Waals surface area contributed by atoms with E-state index in [2.05, 4.69) is 22.1 Å². The van der Waals surface area contributed by atoms with E-state index in [1.165, 1.54) is 0 Å². The van der Waals surface area contributed by atoms with Crippen molar-refractivity contribution in [1.29, 1.82) is 0 Å². The van der Waals surface area contributed by atoms with Crippen molar-refractivity contribution >= 4 is 27.8 Å². The fourth-order valence-electron chi connectivity index (χ4n) is 4.00. The molecule has 2 aromatic heterocycles. The number of benzene rings is 3. The summed E-state index contributed by atoms with van der Waals surface area (Å²) >= 11 is 0. The minimum absolute atomic E-state index is 0.209. The Morgan fingerprint density at radius 3 is 1.87 bits per heavy atom. The van der Waals surface area contributed by atoms with E-state index in [1.54, 1.807) is 0 Å². The molecule has 3 aromatic carbocycles. The Labute approximate surface area is 174 Å². The molecule has 0 fully saturated rings. The predicted molar refractivity (Wildman–Crippen MR) is 119 cm³/mol. The minimum Gasteiger partial charge on any atom is -0.452 e. The highest BCUT2D eigenvalue weighted by Crippen LogP contribution is 2.36. The van der Waals surface area contributed by atoms with E-state index in [9.17, 15) is 4.79 Å². The Kier molecular flexibility index (Phi) is 4.81. The number of hydrogen-bond donors (Lipinski definition) is 2. The first-order valence-corrected chi connectivity index (χ1v) is 10.1. The fourth-order valence-corrected chi connectivity index (χ4v) is 4.00. The van der Waals surface area contributed by atoms with Crippen LogP contribution < -0.4 is 0 Å². The molecule has 5 rings (SSSR count). The van der Waals surface area contributed by atoms with Crippen LogP contribution in [0, 0.1) is 0 Å². The third kappa shape index (κ3) is 3.48. The van der Waals surface area contributed by atoms with E-state index in [0.29, 0.717) is 12.8 Å². The molecule has 4 heteroatoms. The van der Waals surface area contributed by atoms with Crippen LogP contribution in [0.5, 0.6) is 0 Å². The minimum atomic E-state index is -0.486. The Bertz CT molecular complexity index is 1230. The second kappa shape index (κ2) is 7.91. The summed E-state index contributed by atoms with van der Waals surface area (Å²) in [5.74, 6) is -0.209. The molecule has 30 heavy (non-hydrogen) atoms. The molecule has 0 aliphatic heterocycles. The largest absolute Gasteiger partial charge is 0.452 e.